The molecule has 3 atom stereocenters. The van der Waals surface area contributed by atoms with Crippen LogP contribution in [0.1, 0.15) is 23.5 Å². The Morgan fingerprint density at radius 1 is 1.03 bits per heavy atom. The van der Waals surface area contributed by atoms with Gasteiger partial charge in [0, 0.05) is 45.5 Å². The first-order valence-electron chi connectivity index (χ1n) is 13.1. The molecule has 0 amide bonds. The van der Waals surface area contributed by atoms with Crippen molar-refractivity contribution in [3.63, 3.8) is 0 Å². The molecule has 1 N–H and O–H groups in total. The highest BCUT2D eigenvalue weighted by Crippen LogP contribution is 2.35. The van der Waals surface area contributed by atoms with Gasteiger partial charge in [0.2, 0.25) is 0 Å². The van der Waals surface area contributed by atoms with Crippen molar-refractivity contribution in [3.8, 4) is 11.5 Å². The molecule has 2 aromatic carbocycles. The van der Waals surface area contributed by atoms with Gasteiger partial charge in [0.25, 0.3) is 0 Å². The monoisotopic (exact) mass is 548 g/mol. The minimum Gasteiger partial charge on any atom is -0.497 e. The fourth-order valence-electron chi connectivity index (χ4n) is 5.04. The van der Waals surface area contributed by atoms with Gasteiger partial charge in [-0.15, -0.1) is 0 Å². The number of rotatable bonds is 13. The number of hydrogen-bond acceptors (Lipinski definition) is 9. The average molecular weight is 549 g/mol. The van der Waals surface area contributed by atoms with E-state index in [9.17, 15) is 8.42 Å². The van der Waals surface area contributed by atoms with Gasteiger partial charge in [-0.3, -0.25) is 0 Å². The minimum atomic E-state index is -3.11. The van der Waals surface area contributed by atoms with E-state index in [0.717, 1.165) is 54.4 Å². The van der Waals surface area contributed by atoms with Gasteiger partial charge in [0.15, 0.2) is 0 Å². The van der Waals surface area contributed by atoms with Crippen molar-refractivity contribution >= 4 is 15.5 Å². The number of ether oxygens (including phenoxy) is 5. The van der Waals surface area contributed by atoms with E-state index >= 15 is 0 Å². The van der Waals surface area contributed by atoms with Crippen LogP contribution >= 0.6 is 0 Å². The average Bonchev–Trinajstić information content (AvgIpc) is 2.91. The largest absolute Gasteiger partial charge is 0.497 e. The maximum absolute atomic E-state index is 11.7. The SMILES string of the molecule is COCCCN1CCOc2ccc(CO[C@H]3CNC[C@@H](OCCS(C)(=O)=O)C3c3ccc(OC)cc3)cc21. The molecule has 1 fully saturated rings. The van der Waals surface area contributed by atoms with Gasteiger partial charge < -0.3 is 33.9 Å². The number of benzene rings is 2. The predicted octanol–water partition coefficient (Wildman–Crippen LogP) is 2.63. The second-order valence-electron chi connectivity index (χ2n) is 9.83. The number of methoxy groups -OCH3 is 2. The number of nitrogens with one attached hydrogen (secondary N) is 1. The Morgan fingerprint density at radius 3 is 2.50 bits per heavy atom. The van der Waals surface area contributed by atoms with Crippen LogP contribution in [-0.4, -0.2) is 92.9 Å². The molecule has 0 aliphatic carbocycles. The number of anilines is 1. The summed E-state index contributed by atoms with van der Waals surface area (Å²) in [4.78, 5) is 2.34. The van der Waals surface area contributed by atoms with Crippen LogP contribution in [0.25, 0.3) is 0 Å². The summed E-state index contributed by atoms with van der Waals surface area (Å²) in [6, 6.07) is 14.2. The molecular formula is C28H40N2O7S. The van der Waals surface area contributed by atoms with Gasteiger partial charge in [0.1, 0.15) is 27.9 Å². The summed E-state index contributed by atoms with van der Waals surface area (Å²) in [7, 11) is 0.259. The third kappa shape index (κ3) is 7.83. The van der Waals surface area contributed by atoms with Gasteiger partial charge in [-0.25, -0.2) is 8.42 Å². The predicted molar refractivity (Wildman–Crippen MR) is 147 cm³/mol. The lowest BCUT2D eigenvalue weighted by molar-refractivity contribution is -0.0567. The van der Waals surface area contributed by atoms with Crippen molar-refractivity contribution in [3.05, 3.63) is 53.6 Å². The molecular weight excluding hydrogens is 508 g/mol. The summed E-state index contributed by atoms with van der Waals surface area (Å²) in [6.45, 7) is 5.03. The van der Waals surface area contributed by atoms with Crippen LogP contribution in [0.4, 0.5) is 5.69 Å². The first kappa shape index (κ1) is 28.6. The topological polar surface area (TPSA) is 95.6 Å². The highest BCUT2D eigenvalue weighted by molar-refractivity contribution is 7.90. The van der Waals surface area contributed by atoms with Crippen molar-refractivity contribution in [1.29, 1.82) is 0 Å². The summed E-state index contributed by atoms with van der Waals surface area (Å²) >= 11 is 0. The summed E-state index contributed by atoms with van der Waals surface area (Å²) < 4.78 is 52.4. The molecule has 0 bridgehead atoms. The molecule has 38 heavy (non-hydrogen) atoms. The smallest absolute Gasteiger partial charge is 0.149 e. The molecule has 1 unspecified atom stereocenters. The highest BCUT2D eigenvalue weighted by Gasteiger charge is 2.36. The first-order chi connectivity index (χ1) is 18.4. The molecule has 0 aromatic heterocycles. The zero-order valence-corrected chi connectivity index (χ0v) is 23.4. The van der Waals surface area contributed by atoms with Crippen LogP contribution < -0.4 is 19.7 Å². The zero-order valence-electron chi connectivity index (χ0n) is 22.6. The van der Waals surface area contributed by atoms with Crippen LogP contribution in [0.3, 0.4) is 0 Å². The normalized spacial score (nSPS) is 21.6. The Balaban J connectivity index is 1.48. The third-order valence-electron chi connectivity index (χ3n) is 7.00. The second-order valence-corrected chi connectivity index (χ2v) is 12.1. The van der Waals surface area contributed by atoms with Gasteiger partial charge in [-0.1, -0.05) is 18.2 Å². The lowest BCUT2D eigenvalue weighted by atomic mass is 9.85. The molecule has 2 heterocycles. The van der Waals surface area contributed by atoms with E-state index in [1.54, 1.807) is 14.2 Å². The molecule has 0 spiro atoms. The van der Waals surface area contributed by atoms with Crippen LogP contribution in [0.5, 0.6) is 11.5 Å². The van der Waals surface area contributed by atoms with E-state index in [4.69, 9.17) is 23.7 Å². The molecule has 2 aliphatic heterocycles. The lowest BCUT2D eigenvalue weighted by Crippen LogP contribution is -2.51. The first-order valence-corrected chi connectivity index (χ1v) is 15.2. The molecule has 2 aliphatic rings. The lowest BCUT2D eigenvalue weighted by Gasteiger charge is -2.39. The minimum absolute atomic E-state index is 0.0115. The molecule has 4 rings (SSSR count). The fraction of sp³-hybridized carbons (Fsp3) is 0.571. The fourth-order valence-corrected chi connectivity index (χ4v) is 5.44. The molecule has 9 nitrogen and oxygen atoms in total. The van der Waals surface area contributed by atoms with Gasteiger partial charge >= 0.3 is 0 Å². The number of fused-ring (bicyclic) bond motifs is 1. The molecule has 0 saturated carbocycles. The van der Waals surface area contributed by atoms with Crippen LogP contribution in [0.2, 0.25) is 0 Å². The Labute approximate surface area is 226 Å². The number of sulfone groups is 1. The summed E-state index contributed by atoms with van der Waals surface area (Å²) in [5, 5.41) is 3.41. The van der Waals surface area contributed by atoms with Gasteiger partial charge in [0.05, 0.1) is 50.5 Å². The molecule has 0 radical (unpaired) electrons. The van der Waals surface area contributed by atoms with Gasteiger partial charge in [-0.05, 0) is 41.8 Å². The van der Waals surface area contributed by atoms with Crippen molar-refractivity contribution < 1.29 is 32.1 Å². The Hall–Kier alpha value is -2.37. The summed E-state index contributed by atoms with van der Waals surface area (Å²) in [5.41, 5.74) is 3.23. The van der Waals surface area contributed by atoms with E-state index in [0.29, 0.717) is 26.3 Å². The molecule has 10 heteroatoms. The van der Waals surface area contributed by atoms with Crippen LogP contribution in [0.15, 0.2) is 42.5 Å². The second kappa shape index (κ2) is 13.6. The highest BCUT2D eigenvalue weighted by atomic mass is 32.2. The maximum Gasteiger partial charge on any atom is 0.149 e. The number of hydrogen-bond donors (Lipinski definition) is 1. The molecule has 2 aromatic rings. The number of piperidine rings is 1. The van der Waals surface area contributed by atoms with E-state index in [-0.39, 0.29) is 30.5 Å². The van der Waals surface area contributed by atoms with Crippen molar-refractivity contribution in [2.24, 2.45) is 0 Å². The molecule has 210 valence electrons. The van der Waals surface area contributed by atoms with Crippen LogP contribution in [0, 0.1) is 0 Å². The Morgan fingerprint density at radius 2 is 1.79 bits per heavy atom. The third-order valence-corrected chi connectivity index (χ3v) is 7.91. The maximum atomic E-state index is 11.7. The van der Waals surface area contributed by atoms with E-state index in [2.05, 4.69) is 22.3 Å². The van der Waals surface area contributed by atoms with Crippen molar-refractivity contribution in [2.75, 3.05) is 77.1 Å². The zero-order chi connectivity index (χ0) is 27.0. The van der Waals surface area contributed by atoms with E-state index < -0.39 is 9.84 Å². The van der Waals surface area contributed by atoms with Crippen molar-refractivity contribution in [1.82, 2.24) is 5.32 Å². The van der Waals surface area contributed by atoms with Crippen molar-refractivity contribution in [2.45, 2.75) is 31.2 Å². The quantitative estimate of drug-likeness (QED) is 0.379. The van der Waals surface area contributed by atoms with Gasteiger partial charge in [-0.2, -0.15) is 0 Å². The summed E-state index contributed by atoms with van der Waals surface area (Å²) in [5.74, 6) is 1.60. The van der Waals surface area contributed by atoms with Crippen LogP contribution in [-0.2, 0) is 30.7 Å². The van der Waals surface area contributed by atoms with E-state index in [1.165, 1.54) is 6.26 Å². The van der Waals surface area contributed by atoms with E-state index in [1.807, 2.05) is 30.3 Å². The standard InChI is InChI=1S/C28H40N2O7S/c1-33-13-4-11-30-12-14-35-25-10-5-21(17-24(25)30)20-37-27-19-29-18-26(36-15-16-38(3,31)32)28(27)22-6-8-23(34-2)9-7-22/h5-10,17,26-29H,4,11-16,18-20H2,1-3H3/t26-,27+,28?/m1/s1. The Bertz CT molecular complexity index is 1130. The summed E-state index contributed by atoms with van der Waals surface area (Å²) in [6.07, 6.45) is 1.79. The number of nitrogens with zero attached hydrogens (tertiary/aromatic N) is 1. The Kier molecular flexibility index (Phi) is 10.3. The molecule has 1 saturated heterocycles.